The third-order valence-electron chi connectivity index (χ3n) is 4.50. The number of hydrogen-bond donors (Lipinski definition) is 1. The molecule has 1 N–H and O–H groups in total. The maximum Gasteiger partial charge on any atom is 0.221 e. The van der Waals surface area contributed by atoms with Crippen LogP contribution >= 0.6 is 0 Å². The van der Waals surface area contributed by atoms with Gasteiger partial charge in [0.25, 0.3) is 0 Å². The van der Waals surface area contributed by atoms with Gasteiger partial charge in [-0.25, -0.2) is 0 Å². The van der Waals surface area contributed by atoms with Crippen LogP contribution in [0.25, 0.3) is 0 Å². The van der Waals surface area contributed by atoms with E-state index in [1.54, 1.807) is 0 Å². The number of allylic oxidation sites excluding steroid dienone is 1. The summed E-state index contributed by atoms with van der Waals surface area (Å²) in [4.78, 5) is 13.5. The normalized spacial score (nSPS) is 23.5. The summed E-state index contributed by atoms with van der Waals surface area (Å²) >= 11 is 0. The molecule has 1 amide bonds. The van der Waals surface area contributed by atoms with Crippen LogP contribution in [0.4, 0.5) is 5.69 Å². The lowest BCUT2D eigenvalue weighted by molar-refractivity contribution is -0.114. The minimum Gasteiger partial charge on any atom is -0.494 e. The maximum atomic E-state index is 11.0. The number of likely N-dealkylation sites (tertiary alicyclic amines) is 1. The molecule has 118 valence electrons. The predicted octanol–water partition coefficient (Wildman–Crippen LogP) is 3.06. The molecule has 1 aliphatic heterocycles. The van der Waals surface area contributed by atoms with Gasteiger partial charge in [-0.1, -0.05) is 12.2 Å². The monoisotopic (exact) mass is 300 g/mol. The van der Waals surface area contributed by atoms with E-state index in [9.17, 15) is 4.79 Å². The Kier molecular flexibility index (Phi) is 4.78. The van der Waals surface area contributed by atoms with Crippen molar-refractivity contribution in [2.24, 2.45) is 5.92 Å². The van der Waals surface area contributed by atoms with E-state index in [-0.39, 0.29) is 5.91 Å². The van der Waals surface area contributed by atoms with E-state index in [4.69, 9.17) is 4.74 Å². The number of ether oxygens (including phenoxy) is 1. The number of nitrogens with one attached hydrogen (secondary N) is 1. The van der Waals surface area contributed by atoms with Gasteiger partial charge in [-0.2, -0.15) is 0 Å². The topological polar surface area (TPSA) is 41.6 Å². The van der Waals surface area contributed by atoms with Crippen molar-refractivity contribution >= 4 is 11.6 Å². The first-order chi connectivity index (χ1) is 10.7. The Balaban J connectivity index is 1.38. The van der Waals surface area contributed by atoms with Gasteiger partial charge in [-0.05, 0) is 56.0 Å². The van der Waals surface area contributed by atoms with Crippen molar-refractivity contribution in [2.75, 3.05) is 25.0 Å². The fourth-order valence-corrected chi connectivity index (χ4v) is 3.43. The number of hydrogen-bond acceptors (Lipinski definition) is 3. The minimum atomic E-state index is -0.0569. The lowest BCUT2D eigenvalue weighted by Crippen LogP contribution is -2.31. The van der Waals surface area contributed by atoms with Crippen molar-refractivity contribution in [2.45, 2.75) is 32.2 Å². The van der Waals surface area contributed by atoms with Gasteiger partial charge in [0.1, 0.15) is 5.75 Å². The summed E-state index contributed by atoms with van der Waals surface area (Å²) < 4.78 is 5.78. The molecule has 3 rings (SSSR count). The quantitative estimate of drug-likeness (QED) is 0.648. The smallest absolute Gasteiger partial charge is 0.221 e. The Morgan fingerprint density at radius 2 is 2.18 bits per heavy atom. The van der Waals surface area contributed by atoms with Gasteiger partial charge in [0.15, 0.2) is 0 Å². The van der Waals surface area contributed by atoms with Crippen LogP contribution in [0.15, 0.2) is 36.4 Å². The van der Waals surface area contributed by atoms with Crippen LogP contribution < -0.4 is 10.1 Å². The number of rotatable bonds is 6. The summed E-state index contributed by atoms with van der Waals surface area (Å²) in [6.45, 7) is 4.57. The van der Waals surface area contributed by atoms with Crippen LogP contribution in [0.2, 0.25) is 0 Å². The van der Waals surface area contributed by atoms with Gasteiger partial charge in [0, 0.05) is 25.2 Å². The van der Waals surface area contributed by atoms with E-state index in [1.807, 2.05) is 24.3 Å². The average molecular weight is 300 g/mol. The van der Waals surface area contributed by atoms with Crippen LogP contribution in [0.5, 0.6) is 5.75 Å². The lowest BCUT2D eigenvalue weighted by atomic mass is 10.0. The lowest BCUT2D eigenvalue weighted by Gasteiger charge is -2.22. The van der Waals surface area contributed by atoms with Crippen molar-refractivity contribution in [1.82, 2.24) is 4.90 Å². The molecule has 2 aliphatic rings. The molecular formula is C18H24N2O2. The fourth-order valence-electron chi connectivity index (χ4n) is 3.43. The highest BCUT2D eigenvalue weighted by Crippen LogP contribution is 2.32. The second-order valence-corrected chi connectivity index (χ2v) is 6.15. The third kappa shape index (κ3) is 3.69. The molecule has 1 aliphatic carbocycles. The van der Waals surface area contributed by atoms with E-state index in [0.29, 0.717) is 6.04 Å². The predicted molar refractivity (Wildman–Crippen MR) is 88.1 cm³/mol. The standard InChI is InChI=1S/C18H24N2O2/c1-14(21)19-16-6-8-17(9-7-16)22-13-3-11-20-12-10-15-4-2-5-18(15)20/h2,5-9,15,18H,3-4,10-13H2,1H3,(H,19,21)/t15-,18+/m0/s1. The molecule has 2 atom stereocenters. The molecule has 0 unspecified atom stereocenters. The fraction of sp³-hybridized carbons (Fsp3) is 0.500. The highest BCUT2D eigenvalue weighted by atomic mass is 16.5. The Bertz CT molecular complexity index is 539. The number of fused-ring (bicyclic) bond motifs is 1. The number of carbonyl (C=O) groups is 1. The van der Waals surface area contributed by atoms with Gasteiger partial charge in [-0.3, -0.25) is 9.69 Å². The van der Waals surface area contributed by atoms with Crippen molar-refractivity contribution in [1.29, 1.82) is 0 Å². The second-order valence-electron chi connectivity index (χ2n) is 6.15. The molecule has 1 saturated heterocycles. The molecule has 0 bridgehead atoms. The molecule has 0 aromatic heterocycles. The van der Waals surface area contributed by atoms with Crippen LogP contribution in [-0.2, 0) is 4.79 Å². The maximum absolute atomic E-state index is 11.0. The number of amides is 1. The first-order valence-corrected chi connectivity index (χ1v) is 8.13. The van der Waals surface area contributed by atoms with E-state index in [2.05, 4.69) is 22.4 Å². The summed E-state index contributed by atoms with van der Waals surface area (Å²) in [5, 5.41) is 2.75. The van der Waals surface area contributed by atoms with E-state index in [0.717, 1.165) is 36.9 Å². The van der Waals surface area contributed by atoms with E-state index < -0.39 is 0 Å². The Labute approximate surface area is 132 Å². The van der Waals surface area contributed by atoms with Gasteiger partial charge in [0.05, 0.1) is 6.61 Å². The SMILES string of the molecule is CC(=O)Nc1ccc(OCCCN2CC[C@@H]3CC=C[C@H]32)cc1. The van der Waals surface area contributed by atoms with Gasteiger partial charge in [-0.15, -0.1) is 0 Å². The van der Waals surface area contributed by atoms with Crippen LogP contribution in [0, 0.1) is 5.92 Å². The van der Waals surface area contributed by atoms with Crippen molar-refractivity contribution in [3.63, 3.8) is 0 Å². The van der Waals surface area contributed by atoms with E-state index in [1.165, 1.54) is 26.3 Å². The zero-order valence-electron chi connectivity index (χ0n) is 13.1. The number of anilines is 1. The zero-order chi connectivity index (χ0) is 15.4. The summed E-state index contributed by atoms with van der Waals surface area (Å²) in [7, 11) is 0. The number of benzene rings is 1. The van der Waals surface area contributed by atoms with Gasteiger partial charge < -0.3 is 10.1 Å². The molecule has 0 spiro atoms. The Morgan fingerprint density at radius 3 is 2.95 bits per heavy atom. The van der Waals surface area contributed by atoms with Crippen molar-refractivity contribution in [3.8, 4) is 5.75 Å². The first-order valence-electron chi connectivity index (χ1n) is 8.13. The molecular weight excluding hydrogens is 276 g/mol. The molecule has 1 heterocycles. The van der Waals surface area contributed by atoms with Crippen LogP contribution in [0.1, 0.15) is 26.2 Å². The van der Waals surface area contributed by atoms with Crippen LogP contribution in [0.3, 0.4) is 0 Å². The van der Waals surface area contributed by atoms with E-state index >= 15 is 0 Å². The summed E-state index contributed by atoms with van der Waals surface area (Å²) in [5.74, 6) is 1.66. The third-order valence-corrected chi connectivity index (χ3v) is 4.50. The molecule has 1 aromatic carbocycles. The highest BCUT2D eigenvalue weighted by molar-refractivity contribution is 5.88. The van der Waals surface area contributed by atoms with Crippen LogP contribution in [-0.4, -0.2) is 36.5 Å². The van der Waals surface area contributed by atoms with Gasteiger partial charge >= 0.3 is 0 Å². The number of nitrogens with zero attached hydrogens (tertiary/aromatic N) is 1. The molecule has 4 heteroatoms. The number of carbonyl (C=O) groups excluding carboxylic acids is 1. The Hall–Kier alpha value is -1.81. The first kappa shape index (κ1) is 15.1. The minimum absolute atomic E-state index is 0.0569. The highest BCUT2D eigenvalue weighted by Gasteiger charge is 2.33. The average Bonchev–Trinajstić information content (AvgIpc) is 3.09. The van der Waals surface area contributed by atoms with Crippen molar-refractivity contribution in [3.05, 3.63) is 36.4 Å². The largest absolute Gasteiger partial charge is 0.494 e. The van der Waals surface area contributed by atoms with Crippen molar-refractivity contribution < 1.29 is 9.53 Å². The van der Waals surface area contributed by atoms with Gasteiger partial charge in [0.2, 0.25) is 5.91 Å². The Morgan fingerprint density at radius 1 is 1.36 bits per heavy atom. The molecule has 1 aromatic rings. The summed E-state index contributed by atoms with van der Waals surface area (Å²) in [6.07, 6.45) is 8.35. The summed E-state index contributed by atoms with van der Waals surface area (Å²) in [5.41, 5.74) is 0.802. The summed E-state index contributed by atoms with van der Waals surface area (Å²) in [6, 6.07) is 8.21. The molecule has 1 fully saturated rings. The second kappa shape index (κ2) is 6.97. The molecule has 0 radical (unpaired) electrons. The zero-order valence-corrected chi connectivity index (χ0v) is 13.1. The molecule has 4 nitrogen and oxygen atoms in total. The molecule has 0 saturated carbocycles. The molecule has 22 heavy (non-hydrogen) atoms.